The summed E-state index contributed by atoms with van der Waals surface area (Å²) in [5, 5.41) is 12.8. The molecule has 0 unspecified atom stereocenters. The fourth-order valence-electron chi connectivity index (χ4n) is 2.39. The van der Waals surface area contributed by atoms with Crippen LogP contribution in [0.1, 0.15) is 50.2 Å². The molecule has 1 aromatic heterocycles. The lowest BCUT2D eigenvalue weighted by molar-refractivity contribution is -0.0178. The van der Waals surface area contributed by atoms with Crippen LogP contribution in [-0.4, -0.2) is 29.0 Å². The van der Waals surface area contributed by atoms with Gasteiger partial charge >= 0.3 is 0 Å². The molecule has 0 spiro atoms. The number of ether oxygens (including phenoxy) is 1. The molecule has 1 aliphatic carbocycles. The third-order valence-electron chi connectivity index (χ3n) is 3.48. The van der Waals surface area contributed by atoms with Crippen molar-refractivity contribution in [3.63, 3.8) is 0 Å². The zero-order valence-electron chi connectivity index (χ0n) is 10.3. The summed E-state index contributed by atoms with van der Waals surface area (Å²) in [6.45, 7) is 0.211. The lowest BCUT2D eigenvalue weighted by Gasteiger charge is -2.22. The Morgan fingerprint density at radius 1 is 1.35 bits per heavy atom. The number of unbranched alkanes of at least 4 members (excludes halogenated alkanes) is 1. The summed E-state index contributed by atoms with van der Waals surface area (Å²) in [4.78, 5) is 4.42. The second-order valence-corrected chi connectivity index (χ2v) is 4.60. The topological polar surface area (TPSA) is 68.4 Å². The molecular formula is C12H20N2O3. The standard InChI is InChI=1S/C12H20N2O3/c1-16-12(7-3-4-8-12)11-13-10(17-14-11)6-2-5-9-15/h15H,2-9H2,1H3. The fraction of sp³-hybridized carbons (Fsp3) is 0.833. The molecule has 0 radical (unpaired) electrons. The highest BCUT2D eigenvalue weighted by atomic mass is 16.5. The molecule has 0 atom stereocenters. The molecule has 96 valence electrons. The van der Waals surface area contributed by atoms with E-state index in [4.69, 9.17) is 14.4 Å². The van der Waals surface area contributed by atoms with Crippen LogP contribution in [-0.2, 0) is 16.8 Å². The number of nitrogens with zero attached hydrogens (tertiary/aromatic N) is 2. The Kier molecular flexibility index (Phi) is 4.12. The Balaban J connectivity index is 2.01. The maximum Gasteiger partial charge on any atom is 0.226 e. The van der Waals surface area contributed by atoms with Crippen LogP contribution >= 0.6 is 0 Å². The quantitative estimate of drug-likeness (QED) is 0.768. The van der Waals surface area contributed by atoms with Crippen molar-refractivity contribution in [2.75, 3.05) is 13.7 Å². The van der Waals surface area contributed by atoms with E-state index in [0.29, 0.717) is 11.7 Å². The maximum atomic E-state index is 8.71. The smallest absolute Gasteiger partial charge is 0.226 e. The molecule has 0 aromatic carbocycles. The summed E-state index contributed by atoms with van der Waals surface area (Å²) < 4.78 is 10.8. The van der Waals surface area contributed by atoms with Gasteiger partial charge in [0.1, 0.15) is 5.60 Å². The van der Waals surface area contributed by atoms with Gasteiger partial charge in [-0.25, -0.2) is 0 Å². The van der Waals surface area contributed by atoms with E-state index in [1.807, 2.05) is 0 Å². The van der Waals surface area contributed by atoms with Crippen LogP contribution in [0.2, 0.25) is 0 Å². The van der Waals surface area contributed by atoms with Crippen LogP contribution in [0.25, 0.3) is 0 Å². The molecule has 0 saturated heterocycles. The van der Waals surface area contributed by atoms with Crippen molar-refractivity contribution in [2.24, 2.45) is 0 Å². The molecular weight excluding hydrogens is 220 g/mol. The van der Waals surface area contributed by atoms with Crippen molar-refractivity contribution in [1.82, 2.24) is 10.1 Å². The van der Waals surface area contributed by atoms with Gasteiger partial charge in [-0.2, -0.15) is 4.98 Å². The van der Waals surface area contributed by atoms with E-state index >= 15 is 0 Å². The van der Waals surface area contributed by atoms with Gasteiger partial charge in [-0.1, -0.05) is 5.16 Å². The molecule has 0 bridgehead atoms. The van der Waals surface area contributed by atoms with E-state index in [1.165, 1.54) is 0 Å². The molecule has 2 rings (SSSR count). The number of aliphatic hydroxyl groups excluding tert-OH is 1. The number of hydrogen-bond donors (Lipinski definition) is 1. The maximum absolute atomic E-state index is 8.71. The van der Waals surface area contributed by atoms with Crippen molar-refractivity contribution >= 4 is 0 Å². The Labute approximate surface area is 101 Å². The minimum absolute atomic E-state index is 0.211. The molecule has 0 amide bonds. The highest BCUT2D eigenvalue weighted by Crippen LogP contribution is 2.40. The van der Waals surface area contributed by atoms with Gasteiger partial charge in [-0.3, -0.25) is 0 Å². The van der Waals surface area contributed by atoms with Gasteiger partial charge in [-0.15, -0.1) is 0 Å². The number of rotatable bonds is 6. The zero-order chi connectivity index (χ0) is 12.1. The normalized spacial score (nSPS) is 18.7. The first-order valence-electron chi connectivity index (χ1n) is 6.30. The number of methoxy groups -OCH3 is 1. The van der Waals surface area contributed by atoms with Gasteiger partial charge in [0.05, 0.1) is 0 Å². The second kappa shape index (κ2) is 5.60. The number of aryl methyl sites for hydroxylation is 1. The van der Waals surface area contributed by atoms with E-state index in [-0.39, 0.29) is 12.2 Å². The molecule has 1 heterocycles. The summed E-state index contributed by atoms with van der Waals surface area (Å²) in [7, 11) is 1.72. The Morgan fingerprint density at radius 2 is 2.12 bits per heavy atom. The van der Waals surface area contributed by atoms with Gasteiger partial charge in [0.25, 0.3) is 0 Å². The largest absolute Gasteiger partial charge is 0.396 e. The summed E-state index contributed by atoms with van der Waals surface area (Å²) in [6, 6.07) is 0. The Hall–Kier alpha value is -0.940. The number of aromatic nitrogens is 2. The van der Waals surface area contributed by atoms with Crippen molar-refractivity contribution < 1.29 is 14.4 Å². The third kappa shape index (κ3) is 2.66. The van der Waals surface area contributed by atoms with Gasteiger partial charge in [-0.05, 0) is 38.5 Å². The molecule has 17 heavy (non-hydrogen) atoms. The lowest BCUT2D eigenvalue weighted by atomic mass is 10.0. The average molecular weight is 240 g/mol. The van der Waals surface area contributed by atoms with E-state index < -0.39 is 0 Å². The molecule has 1 aromatic rings. The van der Waals surface area contributed by atoms with Crippen LogP contribution in [0.4, 0.5) is 0 Å². The van der Waals surface area contributed by atoms with Crippen molar-refractivity contribution in [3.05, 3.63) is 11.7 Å². The average Bonchev–Trinajstić information content (AvgIpc) is 2.98. The summed E-state index contributed by atoms with van der Waals surface area (Å²) in [5.41, 5.74) is -0.321. The second-order valence-electron chi connectivity index (χ2n) is 4.60. The molecule has 1 N–H and O–H groups in total. The Bertz CT molecular complexity index is 345. The number of hydrogen-bond acceptors (Lipinski definition) is 5. The monoisotopic (exact) mass is 240 g/mol. The van der Waals surface area contributed by atoms with Crippen molar-refractivity contribution in [3.8, 4) is 0 Å². The van der Waals surface area contributed by atoms with Crippen molar-refractivity contribution in [2.45, 2.75) is 50.5 Å². The van der Waals surface area contributed by atoms with Crippen LogP contribution in [0.3, 0.4) is 0 Å². The number of aliphatic hydroxyl groups is 1. The predicted molar refractivity (Wildman–Crippen MR) is 61.5 cm³/mol. The van der Waals surface area contributed by atoms with Crippen molar-refractivity contribution in [1.29, 1.82) is 0 Å². The minimum Gasteiger partial charge on any atom is -0.396 e. The molecule has 1 aliphatic rings. The van der Waals surface area contributed by atoms with Gasteiger partial charge in [0, 0.05) is 20.1 Å². The van der Waals surface area contributed by atoms with Gasteiger partial charge in [0.15, 0.2) is 0 Å². The summed E-state index contributed by atoms with van der Waals surface area (Å²) in [6.07, 6.45) is 6.63. The van der Waals surface area contributed by atoms with Gasteiger partial charge in [0.2, 0.25) is 11.7 Å². The van der Waals surface area contributed by atoms with Crippen LogP contribution < -0.4 is 0 Å². The van der Waals surface area contributed by atoms with E-state index in [9.17, 15) is 0 Å². The predicted octanol–water partition coefficient (Wildman–Crippen LogP) is 1.80. The first-order chi connectivity index (χ1) is 8.30. The van der Waals surface area contributed by atoms with Crippen LogP contribution in [0, 0.1) is 0 Å². The first-order valence-corrected chi connectivity index (χ1v) is 6.30. The molecule has 0 aliphatic heterocycles. The fourth-order valence-corrected chi connectivity index (χ4v) is 2.39. The highest BCUT2D eigenvalue weighted by Gasteiger charge is 2.40. The molecule has 5 nitrogen and oxygen atoms in total. The zero-order valence-corrected chi connectivity index (χ0v) is 10.3. The van der Waals surface area contributed by atoms with E-state index in [2.05, 4.69) is 10.1 Å². The van der Waals surface area contributed by atoms with E-state index in [1.54, 1.807) is 7.11 Å². The molecule has 5 heteroatoms. The molecule has 1 saturated carbocycles. The minimum atomic E-state index is -0.321. The van der Waals surface area contributed by atoms with Crippen LogP contribution in [0.15, 0.2) is 4.52 Å². The summed E-state index contributed by atoms with van der Waals surface area (Å²) in [5.74, 6) is 1.34. The summed E-state index contributed by atoms with van der Waals surface area (Å²) >= 11 is 0. The first kappa shape index (κ1) is 12.5. The SMILES string of the molecule is COC1(c2noc(CCCCO)n2)CCCC1. The van der Waals surface area contributed by atoms with Crippen LogP contribution in [0.5, 0.6) is 0 Å². The van der Waals surface area contributed by atoms with E-state index in [0.717, 1.165) is 44.9 Å². The lowest BCUT2D eigenvalue weighted by Crippen LogP contribution is -2.26. The molecule has 1 fully saturated rings. The van der Waals surface area contributed by atoms with Gasteiger partial charge < -0.3 is 14.4 Å². The third-order valence-corrected chi connectivity index (χ3v) is 3.48. The highest BCUT2D eigenvalue weighted by molar-refractivity contribution is 5.04. The Morgan fingerprint density at radius 3 is 2.76 bits per heavy atom.